The Bertz CT molecular complexity index is 433. The first kappa shape index (κ1) is 13.2. The molecule has 0 spiro atoms. The van der Waals surface area contributed by atoms with Gasteiger partial charge in [-0.05, 0) is 12.1 Å². The van der Waals surface area contributed by atoms with Crippen LogP contribution in [0.1, 0.15) is 11.7 Å². The number of hydrogen-bond acceptors (Lipinski definition) is 4. The number of para-hydroxylation sites is 1. The molecular formula is C9H8F3NO4. The minimum absolute atomic E-state index is 0.337. The predicted molar refractivity (Wildman–Crippen MR) is 50.7 cm³/mol. The second-order valence-corrected chi connectivity index (χ2v) is 3.10. The van der Waals surface area contributed by atoms with Gasteiger partial charge in [0.05, 0.1) is 17.6 Å². The smallest absolute Gasteiger partial charge is 0.418 e. The molecule has 5 nitrogen and oxygen atoms in total. The van der Waals surface area contributed by atoms with Crippen molar-refractivity contribution < 1.29 is 27.9 Å². The van der Waals surface area contributed by atoms with E-state index in [-0.39, 0.29) is 5.75 Å². The zero-order chi connectivity index (χ0) is 13.2. The Morgan fingerprint density at radius 1 is 1.47 bits per heavy atom. The summed E-state index contributed by atoms with van der Waals surface area (Å²) in [5.74, 6) is -0.337. The molecule has 0 saturated carbocycles. The molecule has 17 heavy (non-hydrogen) atoms. The van der Waals surface area contributed by atoms with Crippen molar-refractivity contribution in [3.05, 3.63) is 33.9 Å². The predicted octanol–water partition coefficient (Wildman–Crippen LogP) is 2.20. The molecule has 0 aliphatic carbocycles. The van der Waals surface area contributed by atoms with Crippen molar-refractivity contribution in [1.29, 1.82) is 0 Å². The fourth-order valence-corrected chi connectivity index (χ4v) is 1.30. The summed E-state index contributed by atoms with van der Waals surface area (Å²) in [7, 11) is 1.09. The highest BCUT2D eigenvalue weighted by atomic mass is 19.4. The van der Waals surface area contributed by atoms with Crippen molar-refractivity contribution >= 4 is 5.69 Å². The van der Waals surface area contributed by atoms with Crippen LogP contribution in [0.15, 0.2) is 18.2 Å². The molecule has 0 aromatic heterocycles. The molecule has 1 aromatic rings. The fourth-order valence-electron chi connectivity index (χ4n) is 1.30. The van der Waals surface area contributed by atoms with Crippen molar-refractivity contribution in [3.8, 4) is 5.75 Å². The van der Waals surface area contributed by atoms with Crippen molar-refractivity contribution in [3.63, 3.8) is 0 Å². The highest BCUT2D eigenvalue weighted by Crippen LogP contribution is 2.40. The highest BCUT2D eigenvalue weighted by Gasteiger charge is 2.43. The quantitative estimate of drug-likeness (QED) is 0.660. The average Bonchev–Trinajstić information content (AvgIpc) is 2.25. The second-order valence-electron chi connectivity index (χ2n) is 3.10. The fraction of sp³-hybridized carbons (Fsp3) is 0.333. The number of nitrogens with zero attached hydrogens (tertiary/aromatic N) is 1. The van der Waals surface area contributed by atoms with Crippen LogP contribution in [-0.4, -0.2) is 23.3 Å². The number of benzene rings is 1. The number of nitro benzene ring substituents is 1. The number of hydrogen-bond donors (Lipinski definition) is 1. The van der Waals surface area contributed by atoms with E-state index >= 15 is 0 Å². The average molecular weight is 251 g/mol. The van der Waals surface area contributed by atoms with Gasteiger partial charge in [-0.25, -0.2) is 0 Å². The minimum Gasteiger partial charge on any atom is -0.490 e. The van der Waals surface area contributed by atoms with E-state index in [1.54, 1.807) is 0 Å². The summed E-state index contributed by atoms with van der Waals surface area (Å²) in [6.45, 7) is 0. The third-order valence-corrected chi connectivity index (χ3v) is 2.04. The van der Waals surface area contributed by atoms with E-state index in [9.17, 15) is 23.3 Å². The Morgan fingerprint density at radius 3 is 2.47 bits per heavy atom. The van der Waals surface area contributed by atoms with E-state index in [1.165, 1.54) is 0 Å². The van der Waals surface area contributed by atoms with E-state index in [4.69, 9.17) is 5.11 Å². The van der Waals surface area contributed by atoms with E-state index in [2.05, 4.69) is 4.74 Å². The Labute approximate surface area is 93.6 Å². The molecule has 1 aromatic carbocycles. The normalized spacial score (nSPS) is 13.2. The number of ether oxygens (including phenoxy) is 1. The molecule has 0 radical (unpaired) electrons. The summed E-state index contributed by atoms with van der Waals surface area (Å²) in [5, 5.41) is 19.7. The zero-order valence-corrected chi connectivity index (χ0v) is 8.56. The lowest BCUT2D eigenvalue weighted by atomic mass is 10.1. The van der Waals surface area contributed by atoms with Gasteiger partial charge in [-0.2, -0.15) is 13.2 Å². The lowest BCUT2D eigenvalue weighted by Gasteiger charge is -2.15. The first-order valence-corrected chi connectivity index (χ1v) is 4.35. The Balaban J connectivity index is 3.38. The Morgan fingerprint density at radius 2 is 2.06 bits per heavy atom. The largest absolute Gasteiger partial charge is 0.490 e. The zero-order valence-electron chi connectivity index (χ0n) is 8.56. The number of halogens is 3. The van der Waals surface area contributed by atoms with Gasteiger partial charge in [0.25, 0.3) is 0 Å². The van der Waals surface area contributed by atoms with E-state index < -0.39 is 28.5 Å². The van der Waals surface area contributed by atoms with Crippen molar-refractivity contribution in [2.75, 3.05) is 7.11 Å². The number of alkyl halides is 3. The maximum absolute atomic E-state index is 12.3. The summed E-state index contributed by atoms with van der Waals surface area (Å²) in [4.78, 5) is 9.66. The molecule has 0 aliphatic rings. The number of methoxy groups -OCH3 is 1. The third-order valence-electron chi connectivity index (χ3n) is 2.04. The lowest BCUT2D eigenvalue weighted by molar-refractivity contribution is -0.388. The van der Waals surface area contributed by atoms with Gasteiger partial charge in [0, 0.05) is 0 Å². The molecule has 94 valence electrons. The number of aliphatic hydroxyl groups excluding tert-OH is 1. The molecule has 0 bridgehead atoms. The molecule has 1 N–H and O–H groups in total. The lowest BCUT2D eigenvalue weighted by Crippen LogP contribution is -2.21. The number of aliphatic hydroxyl groups is 1. The molecule has 0 fully saturated rings. The molecule has 0 saturated heterocycles. The van der Waals surface area contributed by atoms with E-state index in [0.717, 1.165) is 25.3 Å². The Hall–Kier alpha value is -1.83. The summed E-state index contributed by atoms with van der Waals surface area (Å²) in [6.07, 6.45) is -7.89. The summed E-state index contributed by atoms with van der Waals surface area (Å²) in [5.41, 5.74) is -1.73. The SMILES string of the molecule is COc1cccc([C@H](O)C(F)(F)F)c1[N+](=O)[O-]. The molecule has 0 unspecified atom stereocenters. The van der Waals surface area contributed by atoms with Gasteiger partial charge in [0.1, 0.15) is 0 Å². The first-order chi connectivity index (χ1) is 7.79. The second kappa shape index (κ2) is 4.58. The van der Waals surface area contributed by atoms with Crippen LogP contribution in [0.3, 0.4) is 0 Å². The first-order valence-electron chi connectivity index (χ1n) is 4.35. The van der Waals surface area contributed by atoms with Gasteiger partial charge in [-0.3, -0.25) is 10.1 Å². The van der Waals surface area contributed by atoms with Crippen LogP contribution >= 0.6 is 0 Å². The van der Waals surface area contributed by atoms with Crippen LogP contribution in [0.5, 0.6) is 5.75 Å². The summed E-state index contributed by atoms with van der Waals surface area (Å²) in [6, 6.07) is 3.11. The number of nitro groups is 1. The van der Waals surface area contributed by atoms with Gasteiger partial charge in [0.2, 0.25) is 0 Å². The topological polar surface area (TPSA) is 72.6 Å². The Kier molecular flexibility index (Phi) is 3.56. The molecule has 0 aliphatic heterocycles. The number of rotatable bonds is 3. The highest BCUT2D eigenvalue weighted by molar-refractivity contribution is 5.53. The standard InChI is InChI=1S/C9H8F3NO4/c1-17-6-4-2-3-5(7(6)13(15)16)8(14)9(10,11)12/h2-4,8,14H,1H3/t8-/m0/s1. The monoisotopic (exact) mass is 251 g/mol. The molecule has 1 rings (SSSR count). The van der Waals surface area contributed by atoms with Crippen LogP contribution in [-0.2, 0) is 0 Å². The van der Waals surface area contributed by atoms with E-state index in [1.807, 2.05) is 0 Å². The van der Waals surface area contributed by atoms with E-state index in [0.29, 0.717) is 0 Å². The summed E-state index contributed by atoms with van der Waals surface area (Å²) < 4.78 is 41.5. The molecular weight excluding hydrogens is 243 g/mol. The molecule has 8 heteroatoms. The molecule has 0 amide bonds. The van der Waals surface area contributed by atoms with Crippen molar-refractivity contribution in [2.45, 2.75) is 12.3 Å². The van der Waals surface area contributed by atoms with Crippen LogP contribution in [0.2, 0.25) is 0 Å². The van der Waals surface area contributed by atoms with Crippen molar-refractivity contribution in [2.24, 2.45) is 0 Å². The van der Waals surface area contributed by atoms with Gasteiger partial charge in [-0.1, -0.05) is 6.07 Å². The maximum Gasteiger partial charge on any atom is 0.418 e. The maximum atomic E-state index is 12.3. The van der Waals surface area contributed by atoms with Crippen molar-refractivity contribution in [1.82, 2.24) is 0 Å². The third kappa shape index (κ3) is 2.64. The van der Waals surface area contributed by atoms with Gasteiger partial charge >= 0.3 is 11.9 Å². The molecule has 0 heterocycles. The van der Waals surface area contributed by atoms with Gasteiger partial charge in [-0.15, -0.1) is 0 Å². The van der Waals surface area contributed by atoms with Crippen LogP contribution in [0.25, 0.3) is 0 Å². The van der Waals surface area contributed by atoms with Gasteiger partial charge in [0.15, 0.2) is 11.9 Å². The minimum atomic E-state index is -4.98. The van der Waals surface area contributed by atoms with Crippen LogP contribution in [0.4, 0.5) is 18.9 Å². The van der Waals surface area contributed by atoms with Crippen LogP contribution in [0, 0.1) is 10.1 Å². The van der Waals surface area contributed by atoms with Gasteiger partial charge < -0.3 is 9.84 Å². The van der Waals surface area contributed by atoms with Crippen LogP contribution < -0.4 is 4.74 Å². The molecule has 1 atom stereocenters. The summed E-state index contributed by atoms with van der Waals surface area (Å²) >= 11 is 0.